The van der Waals surface area contributed by atoms with Crippen molar-refractivity contribution in [3.63, 3.8) is 0 Å². The largest absolute Gasteiger partial charge is 0.495 e. The van der Waals surface area contributed by atoms with Crippen molar-refractivity contribution in [2.45, 2.75) is 24.0 Å². The summed E-state index contributed by atoms with van der Waals surface area (Å²) in [7, 11) is -6.52. The van der Waals surface area contributed by atoms with E-state index in [4.69, 9.17) is 4.74 Å². The topological polar surface area (TPSA) is 150 Å². The van der Waals surface area contributed by atoms with Crippen molar-refractivity contribution in [3.8, 4) is 5.75 Å². The lowest BCUT2D eigenvalue weighted by atomic mass is 10.2. The van der Waals surface area contributed by atoms with Crippen LogP contribution in [0.15, 0.2) is 23.1 Å². The van der Waals surface area contributed by atoms with E-state index in [0.717, 1.165) is 4.31 Å². The van der Waals surface area contributed by atoms with Crippen LogP contribution >= 0.6 is 0 Å². The summed E-state index contributed by atoms with van der Waals surface area (Å²) in [5.41, 5.74) is 0.120. The summed E-state index contributed by atoms with van der Waals surface area (Å²) in [5.74, 6) is -1.29. The highest BCUT2D eigenvalue weighted by Gasteiger charge is 2.44. The molecule has 0 unspecified atom stereocenters. The van der Waals surface area contributed by atoms with Gasteiger partial charge in [-0.25, -0.2) is 16.8 Å². The van der Waals surface area contributed by atoms with Crippen molar-refractivity contribution in [1.82, 2.24) is 4.31 Å². The second-order valence-corrected chi connectivity index (χ2v) is 10.1. The van der Waals surface area contributed by atoms with Gasteiger partial charge in [-0.1, -0.05) is 0 Å². The van der Waals surface area contributed by atoms with Gasteiger partial charge in [0.1, 0.15) is 5.75 Å². The number of rotatable bonds is 7. The molecule has 0 saturated carbocycles. The highest BCUT2D eigenvalue weighted by atomic mass is 32.2. The summed E-state index contributed by atoms with van der Waals surface area (Å²) in [6, 6.07) is 2.55. The van der Waals surface area contributed by atoms with Gasteiger partial charge in [-0.3, -0.25) is 4.79 Å². The van der Waals surface area contributed by atoms with Crippen molar-refractivity contribution in [2.24, 2.45) is 0 Å². The van der Waals surface area contributed by atoms with E-state index >= 15 is 0 Å². The van der Waals surface area contributed by atoms with E-state index in [9.17, 15) is 31.8 Å². The van der Waals surface area contributed by atoms with Gasteiger partial charge in [0, 0.05) is 13.5 Å². The van der Waals surface area contributed by atoms with E-state index in [-0.39, 0.29) is 22.9 Å². The fourth-order valence-electron chi connectivity index (χ4n) is 2.92. The number of carbonyl (C=O) groups is 1. The molecule has 152 valence electrons. The normalized spacial score (nSPS) is 22.0. The molecule has 3 N–H and O–H groups in total. The molecule has 1 aliphatic heterocycles. The molecule has 0 bridgehead atoms. The van der Waals surface area contributed by atoms with E-state index in [1.807, 2.05) is 0 Å². The number of anilines is 1. The van der Waals surface area contributed by atoms with E-state index in [1.54, 1.807) is 0 Å². The van der Waals surface area contributed by atoms with Crippen LogP contribution < -0.4 is 10.1 Å². The molecule has 0 spiro atoms. The molecule has 0 aromatic heterocycles. The quantitative estimate of drug-likeness (QED) is 0.496. The van der Waals surface area contributed by atoms with Crippen LogP contribution in [0.3, 0.4) is 0 Å². The van der Waals surface area contributed by atoms with Gasteiger partial charge in [-0.15, -0.1) is 0 Å². The number of ether oxygens (including phenoxy) is 1. The lowest BCUT2D eigenvalue weighted by Gasteiger charge is -2.29. The number of hydrogen-bond donors (Lipinski definition) is 3. The molecule has 1 saturated heterocycles. The second-order valence-electron chi connectivity index (χ2n) is 6.09. The molecule has 27 heavy (non-hydrogen) atoms. The highest BCUT2D eigenvalue weighted by molar-refractivity contribution is 7.92. The van der Waals surface area contributed by atoms with Crippen molar-refractivity contribution < 1.29 is 36.6 Å². The van der Waals surface area contributed by atoms with Crippen LogP contribution in [-0.2, 0) is 24.7 Å². The molecule has 1 fully saturated rings. The summed E-state index contributed by atoms with van der Waals surface area (Å²) in [4.78, 5) is 11.1. The van der Waals surface area contributed by atoms with Crippen LogP contribution in [0.1, 0.15) is 6.92 Å². The number of sulfone groups is 1. The number of nitrogens with one attached hydrogen (secondary N) is 1. The third-order valence-electron chi connectivity index (χ3n) is 4.07. The summed E-state index contributed by atoms with van der Waals surface area (Å²) >= 11 is 0. The number of hydrogen-bond acceptors (Lipinski definition) is 8. The number of nitrogens with zero attached hydrogens (tertiary/aromatic N) is 1. The minimum atomic E-state index is -4.27. The molecule has 1 aromatic rings. The molecule has 2 rings (SSSR count). The first kappa shape index (κ1) is 21.6. The van der Waals surface area contributed by atoms with Gasteiger partial charge in [0.25, 0.3) is 0 Å². The lowest BCUT2D eigenvalue weighted by molar-refractivity contribution is -0.114. The minimum absolute atomic E-state index is 0.120. The Bertz CT molecular complexity index is 914. The van der Waals surface area contributed by atoms with Crippen molar-refractivity contribution in [2.75, 3.05) is 37.1 Å². The van der Waals surface area contributed by atoms with Crippen LogP contribution in [0, 0.1) is 0 Å². The average molecular weight is 422 g/mol. The van der Waals surface area contributed by atoms with Gasteiger partial charge in [0.15, 0.2) is 9.84 Å². The summed E-state index contributed by atoms with van der Waals surface area (Å²) in [5, 5.41) is 21.8. The zero-order valence-corrected chi connectivity index (χ0v) is 16.5. The molecule has 0 aliphatic carbocycles. The van der Waals surface area contributed by atoms with Gasteiger partial charge in [0.2, 0.25) is 15.9 Å². The van der Waals surface area contributed by atoms with Gasteiger partial charge in [-0.05, 0) is 18.2 Å². The van der Waals surface area contributed by atoms with E-state index in [1.165, 1.54) is 32.2 Å². The molecule has 1 aliphatic rings. The third kappa shape index (κ3) is 4.76. The standard InChI is InChI=1S/C15H22N2O8S2/c1-10(19)16-12-7-11(3-4-15(12)25-2)27(23,24)17(5-6-18)13-8-26(21,22)9-14(13)20/h3-4,7,13-14,18,20H,5-6,8-9H2,1-2H3,(H,16,19)/t13-,14+/m1/s1. The molecule has 2 atom stereocenters. The van der Waals surface area contributed by atoms with E-state index < -0.39 is 56.0 Å². The summed E-state index contributed by atoms with van der Waals surface area (Å²) < 4.78 is 55.5. The van der Waals surface area contributed by atoms with Crippen LogP contribution in [0.4, 0.5) is 5.69 Å². The van der Waals surface area contributed by atoms with Gasteiger partial charge in [-0.2, -0.15) is 4.31 Å². The SMILES string of the molecule is COc1ccc(S(=O)(=O)N(CCO)[C@@H]2CS(=O)(=O)C[C@@H]2O)cc1NC(C)=O. The molecule has 1 heterocycles. The Balaban J connectivity index is 2.49. The first-order chi connectivity index (χ1) is 12.5. The van der Waals surface area contributed by atoms with Crippen molar-refractivity contribution >= 4 is 31.5 Å². The maximum atomic E-state index is 13.1. The van der Waals surface area contributed by atoms with Crippen LogP contribution in [0.2, 0.25) is 0 Å². The Morgan fingerprint density at radius 2 is 2.04 bits per heavy atom. The lowest BCUT2D eigenvalue weighted by Crippen LogP contribution is -2.47. The molecular weight excluding hydrogens is 400 g/mol. The Morgan fingerprint density at radius 1 is 1.37 bits per heavy atom. The number of aliphatic hydroxyl groups is 2. The van der Waals surface area contributed by atoms with E-state index in [2.05, 4.69) is 5.32 Å². The number of sulfonamides is 1. The fraction of sp³-hybridized carbons (Fsp3) is 0.533. The zero-order valence-electron chi connectivity index (χ0n) is 14.8. The Morgan fingerprint density at radius 3 is 2.52 bits per heavy atom. The molecule has 0 radical (unpaired) electrons. The number of benzene rings is 1. The van der Waals surface area contributed by atoms with Gasteiger partial charge < -0.3 is 20.3 Å². The molecule has 1 amide bonds. The molecule has 12 heteroatoms. The Hall–Kier alpha value is -1.73. The predicted molar refractivity (Wildman–Crippen MR) is 96.7 cm³/mol. The van der Waals surface area contributed by atoms with Gasteiger partial charge >= 0.3 is 0 Å². The maximum Gasteiger partial charge on any atom is 0.243 e. The first-order valence-electron chi connectivity index (χ1n) is 7.98. The van der Waals surface area contributed by atoms with Crippen LogP contribution in [-0.4, -0.2) is 81.2 Å². The zero-order chi connectivity index (χ0) is 20.4. The van der Waals surface area contributed by atoms with Crippen molar-refractivity contribution in [1.29, 1.82) is 0 Å². The van der Waals surface area contributed by atoms with Crippen LogP contribution in [0.25, 0.3) is 0 Å². The number of carbonyl (C=O) groups excluding carboxylic acids is 1. The second kappa shape index (κ2) is 8.10. The summed E-state index contributed by atoms with van der Waals surface area (Å²) in [6.45, 7) is 0.302. The highest BCUT2D eigenvalue weighted by Crippen LogP contribution is 2.31. The Labute approximate surface area is 157 Å². The van der Waals surface area contributed by atoms with Gasteiger partial charge in [0.05, 0.1) is 48.0 Å². The summed E-state index contributed by atoms with van der Waals surface area (Å²) in [6.07, 6.45) is -1.40. The number of methoxy groups -OCH3 is 1. The molecule has 1 aromatic carbocycles. The maximum absolute atomic E-state index is 13.1. The first-order valence-corrected chi connectivity index (χ1v) is 11.2. The molecular formula is C15H22N2O8S2. The van der Waals surface area contributed by atoms with E-state index in [0.29, 0.717) is 0 Å². The van der Waals surface area contributed by atoms with Crippen LogP contribution in [0.5, 0.6) is 5.75 Å². The Kier molecular flexibility index (Phi) is 6.47. The molecule has 10 nitrogen and oxygen atoms in total. The third-order valence-corrected chi connectivity index (χ3v) is 7.69. The monoisotopic (exact) mass is 422 g/mol. The number of amides is 1. The number of aliphatic hydroxyl groups excluding tert-OH is 2. The minimum Gasteiger partial charge on any atom is -0.495 e. The smallest absolute Gasteiger partial charge is 0.243 e. The average Bonchev–Trinajstić information content (AvgIpc) is 2.84. The predicted octanol–water partition coefficient (Wildman–Crippen LogP) is -1.21. The fourth-order valence-corrected chi connectivity index (χ4v) is 6.49. The van der Waals surface area contributed by atoms with Crippen molar-refractivity contribution in [3.05, 3.63) is 18.2 Å².